The Kier molecular flexibility index (Phi) is 5.24. The highest BCUT2D eigenvalue weighted by Gasteiger charge is 2.32. The summed E-state index contributed by atoms with van der Waals surface area (Å²) in [5.41, 5.74) is 2.85. The molecule has 0 spiro atoms. The Morgan fingerprint density at radius 1 is 1.20 bits per heavy atom. The van der Waals surface area contributed by atoms with Crippen LogP contribution in [0.5, 0.6) is 5.75 Å². The summed E-state index contributed by atoms with van der Waals surface area (Å²) in [6.07, 6.45) is 1.89. The number of amidine groups is 1. The normalized spacial score (nSPS) is 17.6. The van der Waals surface area contributed by atoms with Gasteiger partial charge in [-0.3, -0.25) is 9.69 Å². The van der Waals surface area contributed by atoms with E-state index in [0.29, 0.717) is 16.6 Å². The number of rotatable bonds is 4. The summed E-state index contributed by atoms with van der Waals surface area (Å²) in [7, 11) is 1.65. The highest BCUT2D eigenvalue weighted by molar-refractivity contribution is 8.18. The van der Waals surface area contributed by atoms with Crippen LogP contribution in [0.2, 0.25) is 0 Å². The number of aryl methyl sites for hydroxylation is 1. The number of ether oxygens (including phenoxy) is 1. The first-order valence-electron chi connectivity index (χ1n) is 8.12. The van der Waals surface area contributed by atoms with Gasteiger partial charge in [-0.05, 0) is 61.0 Å². The lowest BCUT2D eigenvalue weighted by Gasteiger charge is -2.11. The quantitative estimate of drug-likeness (QED) is 0.754. The molecular weight excluding hydrogens is 332 g/mol. The molecule has 2 aromatic rings. The van der Waals surface area contributed by atoms with Crippen LogP contribution >= 0.6 is 11.8 Å². The van der Waals surface area contributed by atoms with E-state index >= 15 is 0 Å². The van der Waals surface area contributed by atoms with E-state index < -0.39 is 0 Å². The molecule has 0 aromatic heterocycles. The van der Waals surface area contributed by atoms with Crippen molar-refractivity contribution in [3.63, 3.8) is 0 Å². The van der Waals surface area contributed by atoms with Gasteiger partial charge in [0, 0.05) is 6.54 Å². The van der Waals surface area contributed by atoms with Crippen LogP contribution in [0.1, 0.15) is 18.1 Å². The van der Waals surface area contributed by atoms with Gasteiger partial charge >= 0.3 is 0 Å². The minimum absolute atomic E-state index is 0.0123. The Balaban J connectivity index is 1.93. The van der Waals surface area contributed by atoms with Crippen LogP contribution in [0.25, 0.3) is 6.08 Å². The lowest BCUT2D eigenvalue weighted by Crippen LogP contribution is -2.28. The number of carbonyl (C=O) groups is 1. The van der Waals surface area contributed by atoms with Crippen molar-refractivity contribution in [2.24, 2.45) is 4.99 Å². The average molecular weight is 352 g/mol. The maximum atomic E-state index is 12.7. The number of benzene rings is 2. The van der Waals surface area contributed by atoms with Crippen molar-refractivity contribution < 1.29 is 9.53 Å². The molecule has 4 nitrogen and oxygen atoms in total. The molecule has 3 rings (SSSR count). The fourth-order valence-corrected chi connectivity index (χ4v) is 3.62. The predicted molar refractivity (Wildman–Crippen MR) is 104 cm³/mol. The lowest BCUT2D eigenvalue weighted by atomic mass is 10.1. The van der Waals surface area contributed by atoms with Gasteiger partial charge in [0.25, 0.3) is 5.91 Å². The summed E-state index contributed by atoms with van der Waals surface area (Å²) in [5, 5.41) is 0.712. The van der Waals surface area contributed by atoms with E-state index in [9.17, 15) is 4.79 Å². The van der Waals surface area contributed by atoms with Gasteiger partial charge < -0.3 is 4.74 Å². The minimum Gasteiger partial charge on any atom is -0.496 e. The van der Waals surface area contributed by atoms with Crippen LogP contribution in [0.3, 0.4) is 0 Å². The third-order valence-electron chi connectivity index (χ3n) is 3.92. The van der Waals surface area contributed by atoms with Gasteiger partial charge in [-0.15, -0.1) is 0 Å². The van der Waals surface area contributed by atoms with Crippen molar-refractivity contribution in [1.29, 1.82) is 0 Å². The number of amides is 1. The average Bonchev–Trinajstić information content (AvgIpc) is 2.92. The number of nitrogens with zero attached hydrogens (tertiary/aromatic N) is 2. The van der Waals surface area contributed by atoms with Crippen molar-refractivity contribution >= 4 is 34.6 Å². The molecule has 0 bridgehead atoms. The SMILES string of the molecule is CCN1C(=O)/C(=C/c2ccc(C)c(OC)c2)SC1=Nc1ccccc1. The fourth-order valence-electron chi connectivity index (χ4n) is 2.56. The maximum Gasteiger partial charge on any atom is 0.266 e. The molecule has 0 unspecified atom stereocenters. The molecule has 0 aliphatic carbocycles. The minimum atomic E-state index is -0.0123. The van der Waals surface area contributed by atoms with E-state index in [2.05, 4.69) is 4.99 Å². The summed E-state index contributed by atoms with van der Waals surface area (Å²) >= 11 is 1.41. The molecule has 0 radical (unpaired) electrons. The van der Waals surface area contributed by atoms with Crippen molar-refractivity contribution in [3.05, 3.63) is 64.6 Å². The maximum absolute atomic E-state index is 12.7. The molecular formula is C20H20N2O2S. The lowest BCUT2D eigenvalue weighted by molar-refractivity contribution is -0.122. The Labute approximate surface area is 152 Å². The molecule has 1 fully saturated rings. The Morgan fingerprint density at radius 3 is 2.64 bits per heavy atom. The number of likely N-dealkylation sites (N-methyl/N-ethyl adjacent to an activating group) is 1. The second kappa shape index (κ2) is 7.57. The van der Waals surface area contributed by atoms with E-state index in [1.54, 1.807) is 12.0 Å². The van der Waals surface area contributed by atoms with Gasteiger partial charge in [0.1, 0.15) is 5.75 Å². The standard InChI is InChI=1S/C20H20N2O2S/c1-4-22-19(23)18(13-15-11-10-14(2)17(12-15)24-3)25-20(22)21-16-8-6-5-7-9-16/h5-13H,4H2,1-3H3/b18-13-,21-20?. The highest BCUT2D eigenvalue weighted by atomic mass is 32.2. The second-order valence-corrected chi connectivity index (χ2v) is 6.63. The number of methoxy groups -OCH3 is 1. The first kappa shape index (κ1) is 17.3. The zero-order chi connectivity index (χ0) is 17.8. The van der Waals surface area contributed by atoms with Crippen LogP contribution in [0.4, 0.5) is 5.69 Å². The molecule has 1 aliphatic rings. The molecule has 5 heteroatoms. The number of hydrogen-bond donors (Lipinski definition) is 0. The van der Waals surface area contributed by atoms with E-state index in [-0.39, 0.29) is 5.91 Å². The topological polar surface area (TPSA) is 41.9 Å². The number of aliphatic imine (C=N–C) groups is 1. The van der Waals surface area contributed by atoms with E-state index in [1.165, 1.54) is 11.8 Å². The zero-order valence-corrected chi connectivity index (χ0v) is 15.3. The van der Waals surface area contributed by atoms with E-state index in [1.807, 2.05) is 68.5 Å². The number of para-hydroxylation sites is 1. The van der Waals surface area contributed by atoms with Gasteiger partial charge in [0.15, 0.2) is 5.17 Å². The molecule has 1 amide bonds. The molecule has 25 heavy (non-hydrogen) atoms. The highest BCUT2D eigenvalue weighted by Crippen LogP contribution is 2.34. The summed E-state index contributed by atoms with van der Waals surface area (Å²) < 4.78 is 5.36. The Hall–Kier alpha value is -2.53. The molecule has 2 aromatic carbocycles. The first-order chi connectivity index (χ1) is 12.1. The molecule has 1 saturated heterocycles. The number of thioether (sulfide) groups is 1. The third kappa shape index (κ3) is 3.77. The van der Waals surface area contributed by atoms with Crippen molar-refractivity contribution in [2.75, 3.05) is 13.7 Å². The van der Waals surface area contributed by atoms with Crippen LogP contribution in [-0.2, 0) is 4.79 Å². The van der Waals surface area contributed by atoms with E-state index in [0.717, 1.165) is 22.6 Å². The van der Waals surface area contributed by atoms with Crippen LogP contribution in [0, 0.1) is 6.92 Å². The number of hydrogen-bond acceptors (Lipinski definition) is 4. The van der Waals surface area contributed by atoms with Crippen LogP contribution in [-0.4, -0.2) is 29.6 Å². The van der Waals surface area contributed by atoms with Gasteiger partial charge in [-0.2, -0.15) is 0 Å². The largest absolute Gasteiger partial charge is 0.496 e. The summed E-state index contributed by atoms with van der Waals surface area (Å²) in [6, 6.07) is 15.6. The molecule has 1 aliphatic heterocycles. The molecule has 128 valence electrons. The Morgan fingerprint density at radius 2 is 1.96 bits per heavy atom. The summed E-state index contributed by atoms with van der Waals surface area (Å²) in [6.45, 7) is 4.54. The van der Waals surface area contributed by atoms with Gasteiger partial charge in [-0.1, -0.05) is 30.3 Å². The third-order valence-corrected chi connectivity index (χ3v) is 4.92. The predicted octanol–water partition coefficient (Wildman–Crippen LogP) is 4.63. The van der Waals surface area contributed by atoms with E-state index in [4.69, 9.17) is 4.74 Å². The van der Waals surface area contributed by atoms with Crippen molar-refractivity contribution in [1.82, 2.24) is 4.90 Å². The van der Waals surface area contributed by atoms with Crippen LogP contribution in [0.15, 0.2) is 58.4 Å². The Bertz CT molecular complexity index is 844. The molecule has 0 saturated carbocycles. The van der Waals surface area contributed by atoms with Crippen LogP contribution < -0.4 is 4.74 Å². The summed E-state index contributed by atoms with van der Waals surface area (Å²) in [4.78, 5) is 19.7. The van der Waals surface area contributed by atoms with Crippen molar-refractivity contribution in [2.45, 2.75) is 13.8 Å². The summed E-state index contributed by atoms with van der Waals surface area (Å²) in [5.74, 6) is 0.803. The van der Waals surface area contributed by atoms with Gasteiger partial charge in [-0.25, -0.2) is 4.99 Å². The van der Waals surface area contributed by atoms with Gasteiger partial charge in [0.05, 0.1) is 17.7 Å². The molecule has 0 atom stereocenters. The van der Waals surface area contributed by atoms with Gasteiger partial charge in [0.2, 0.25) is 0 Å². The first-order valence-corrected chi connectivity index (χ1v) is 8.94. The number of carbonyl (C=O) groups excluding carboxylic acids is 1. The fraction of sp³-hybridized carbons (Fsp3) is 0.200. The smallest absolute Gasteiger partial charge is 0.266 e. The zero-order valence-electron chi connectivity index (χ0n) is 14.5. The van der Waals surface area contributed by atoms with Crippen molar-refractivity contribution in [3.8, 4) is 5.75 Å². The molecule has 1 heterocycles. The molecule has 0 N–H and O–H groups in total. The second-order valence-electron chi connectivity index (χ2n) is 5.62. The monoisotopic (exact) mass is 352 g/mol.